The first-order chi connectivity index (χ1) is 9.27. The van der Waals surface area contributed by atoms with Gasteiger partial charge in [0.05, 0.1) is 6.61 Å². The Bertz CT molecular complexity index is 383. The molecule has 0 aromatic heterocycles. The van der Waals surface area contributed by atoms with E-state index in [4.69, 9.17) is 9.84 Å². The lowest BCUT2D eigenvalue weighted by Crippen LogP contribution is -2.36. The van der Waals surface area contributed by atoms with Gasteiger partial charge in [0.2, 0.25) is 0 Å². The fourth-order valence-electron chi connectivity index (χ4n) is 1.60. The molecule has 5 nitrogen and oxygen atoms in total. The number of carbonyl (C=O) groups is 1. The number of amides is 2. The van der Waals surface area contributed by atoms with Crippen molar-refractivity contribution in [3.05, 3.63) is 35.4 Å². The van der Waals surface area contributed by atoms with Crippen molar-refractivity contribution in [2.45, 2.75) is 26.5 Å². The first-order valence-corrected chi connectivity index (χ1v) is 6.55. The number of ether oxygens (including phenoxy) is 1. The quantitative estimate of drug-likeness (QED) is 0.623. The van der Waals surface area contributed by atoms with E-state index in [-0.39, 0.29) is 12.6 Å². The molecular formula is C14H22N2O3. The van der Waals surface area contributed by atoms with Crippen LogP contribution in [0.2, 0.25) is 0 Å². The van der Waals surface area contributed by atoms with E-state index in [1.165, 1.54) is 0 Å². The lowest BCUT2D eigenvalue weighted by molar-refractivity contribution is 0.133. The molecule has 5 heteroatoms. The number of aliphatic hydroxyl groups excluding tert-OH is 1. The summed E-state index contributed by atoms with van der Waals surface area (Å²) in [6.45, 7) is 4.20. The van der Waals surface area contributed by atoms with E-state index in [2.05, 4.69) is 10.6 Å². The third kappa shape index (κ3) is 6.22. The van der Waals surface area contributed by atoms with Gasteiger partial charge in [-0.15, -0.1) is 0 Å². The van der Waals surface area contributed by atoms with Crippen molar-refractivity contribution in [2.75, 3.05) is 19.8 Å². The minimum absolute atomic E-state index is 0.0808. The van der Waals surface area contributed by atoms with E-state index in [9.17, 15) is 4.79 Å². The molecule has 0 aliphatic rings. The van der Waals surface area contributed by atoms with Gasteiger partial charge in [-0.25, -0.2) is 4.79 Å². The van der Waals surface area contributed by atoms with E-state index in [0.717, 1.165) is 11.1 Å². The van der Waals surface area contributed by atoms with Crippen LogP contribution in [0, 0.1) is 0 Å². The number of rotatable bonds is 8. The third-order valence-corrected chi connectivity index (χ3v) is 2.64. The maximum absolute atomic E-state index is 11.5. The molecule has 3 N–H and O–H groups in total. The van der Waals surface area contributed by atoms with Crippen molar-refractivity contribution in [1.82, 2.24) is 10.6 Å². The second-order valence-electron chi connectivity index (χ2n) is 4.09. The topological polar surface area (TPSA) is 70.6 Å². The Morgan fingerprint density at radius 2 is 2.00 bits per heavy atom. The van der Waals surface area contributed by atoms with Gasteiger partial charge in [-0.1, -0.05) is 24.3 Å². The summed E-state index contributed by atoms with van der Waals surface area (Å²) in [6.07, 6.45) is 0.564. The highest BCUT2D eigenvalue weighted by molar-refractivity contribution is 5.73. The van der Waals surface area contributed by atoms with Crippen molar-refractivity contribution < 1.29 is 14.6 Å². The first kappa shape index (κ1) is 15.5. The lowest BCUT2D eigenvalue weighted by Gasteiger charge is -2.11. The maximum atomic E-state index is 11.5. The number of nitrogens with one attached hydrogen (secondary N) is 2. The van der Waals surface area contributed by atoms with E-state index >= 15 is 0 Å². The summed E-state index contributed by atoms with van der Waals surface area (Å²) in [5, 5.41) is 14.1. The number of hydrogen-bond donors (Lipinski definition) is 3. The van der Waals surface area contributed by atoms with Gasteiger partial charge >= 0.3 is 6.03 Å². The molecule has 106 valence electrons. The molecule has 1 aromatic rings. The minimum atomic E-state index is -0.223. The fourth-order valence-corrected chi connectivity index (χ4v) is 1.60. The van der Waals surface area contributed by atoms with Crippen LogP contribution in [-0.4, -0.2) is 30.9 Å². The zero-order valence-corrected chi connectivity index (χ0v) is 11.3. The Hall–Kier alpha value is -1.59. The van der Waals surface area contributed by atoms with Crippen LogP contribution in [0.3, 0.4) is 0 Å². The normalized spacial score (nSPS) is 10.2. The van der Waals surface area contributed by atoms with Crippen molar-refractivity contribution in [1.29, 1.82) is 0 Å². The molecule has 0 aliphatic heterocycles. The Morgan fingerprint density at radius 1 is 1.26 bits per heavy atom. The standard InChI is InChI=1S/C14H22N2O3/c1-2-19-11-13-7-4-3-6-12(13)10-16-14(18)15-8-5-9-17/h3-4,6-7,17H,2,5,8-11H2,1H3,(H2,15,16,18). The van der Waals surface area contributed by atoms with Gasteiger partial charge < -0.3 is 20.5 Å². The summed E-state index contributed by atoms with van der Waals surface area (Å²) in [7, 11) is 0. The minimum Gasteiger partial charge on any atom is -0.396 e. The molecule has 0 bridgehead atoms. The van der Waals surface area contributed by atoms with Gasteiger partial charge in [-0.2, -0.15) is 0 Å². The van der Waals surface area contributed by atoms with Crippen LogP contribution in [0.4, 0.5) is 4.79 Å². The first-order valence-electron chi connectivity index (χ1n) is 6.55. The zero-order chi connectivity index (χ0) is 13.9. The van der Waals surface area contributed by atoms with Crippen LogP contribution in [-0.2, 0) is 17.9 Å². The number of aliphatic hydroxyl groups is 1. The second-order valence-corrected chi connectivity index (χ2v) is 4.09. The summed E-state index contributed by atoms with van der Waals surface area (Å²) in [5.74, 6) is 0. The van der Waals surface area contributed by atoms with Crippen molar-refractivity contribution >= 4 is 6.03 Å². The predicted octanol–water partition coefficient (Wildman–Crippen LogP) is 1.40. The monoisotopic (exact) mass is 266 g/mol. The molecule has 1 rings (SSSR count). The van der Waals surface area contributed by atoms with Crippen LogP contribution in [0.15, 0.2) is 24.3 Å². The molecule has 0 fully saturated rings. The van der Waals surface area contributed by atoms with E-state index in [1.807, 2.05) is 31.2 Å². The molecule has 2 amide bonds. The number of carbonyl (C=O) groups excluding carboxylic acids is 1. The maximum Gasteiger partial charge on any atom is 0.315 e. The Kier molecular flexibility index (Phi) is 7.62. The molecule has 0 spiro atoms. The lowest BCUT2D eigenvalue weighted by atomic mass is 10.1. The van der Waals surface area contributed by atoms with Gasteiger partial charge in [-0.05, 0) is 24.5 Å². The summed E-state index contributed by atoms with van der Waals surface area (Å²) >= 11 is 0. The largest absolute Gasteiger partial charge is 0.396 e. The SMILES string of the molecule is CCOCc1ccccc1CNC(=O)NCCCO. The smallest absolute Gasteiger partial charge is 0.315 e. The van der Waals surface area contributed by atoms with Crippen LogP contribution >= 0.6 is 0 Å². The van der Waals surface area contributed by atoms with Crippen LogP contribution in [0.1, 0.15) is 24.5 Å². The van der Waals surface area contributed by atoms with Gasteiger partial charge in [0.25, 0.3) is 0 Å². The van der Waals surface area contributed by atoms with Crippen LogP contribution in [0.5, 0.6) is 0 Å². The fraction of sp³-hybridized carbons (Fsp3) is 0.500. The molecule has 0 saturated heterocycles. The van der Waals surface area contributed by atoms with Crippen LogP contribution < -0.4 is 10.6 Å². The number of urea groups is 1. The molecule has 1 aromatic carbocycles. The summed E-state index contributed by atoms with van der Waals surface area (Å²) < 4.78 is 5.39. The molecule has 0 unspecified atom stereocenters. The predicted molar refractivity (Wildman–Crippen MR) is 73.7 cm³/mol. The second kappa shape index (κ2) is 9.35. The van der Waals surface area contributed by atoms with E-state index < -0.39 is 0 Å². The average molecular weight is 266 g/mol. The molecule has 0 atom stereocenters. The van der Waals surface area contributed by atoms with Crippen molar-refractivity contribution in [3.8, 4) is 0 Å². The van der Waals surface area contributed by atoms with Crippen molar-refractivity contribution in [3.63, 3.8) is 0 Å². The molecule has 19 heavy (non-hydrogen) atoms. The van der Waals surface area contributed by atoms with Crippen LogP contribution in [0.25, 0.3) is 0 Å². The molecule has 0 heterocycles. The summed E-state index contributed by atoms with van der Waals surface area (Å²) in [5.41, 5.74) is 2.13. The van der Waals surface area contributed by atoms with Gasteiger partial charge in [0, 0.05) is 26.3 Å². The Balaban J connectivity index is 2.41. The number of benzene rings is 1. The highest BCUT2D eigenvalue weighted by atomic mass is 16.5. The highest BCUT2D eigenvalue weighted by Crippen LogP contribution is 2.09. The summed E-state index contributed by atoms with van der Waals surface area (Å²) in [6, 6.07) is 7.65. The van der Waals surface area contributed by atoms with Gasteiger partial charge in [0.15, 0.2) is 0 Å². The number of hydrogen-bond acceptors (Lipinski definition) is 3. The molecule has 0 aliphatic carbocycles. The zero-order valence-electron chi connectivity index (χ0n) is 11.3. The van der Waals surface area contributed by atoms with Crippen molar-refractivity contribution in [2.24, 2.45) is 0 Å². The molecule has 0 radical (unpaired) electrons. The third-order valence-electron chi connectivity index (χ3n) is 2.64. The Morgan fingerprint density at radius 3 is 2.68 bits per heavy atom. The average Bonchev–Trinajstić information content (AvgIpc) is 2.44. The van der Waals surface area contributed by atoms with E-state index in [1.54, 1.807) is 0 Å². The highest BCUT2D eigenvalue weighted by Gasteiger charge is 2.04. The van der Waals surface area contributed by atoms with E-state index in [0.29, 0.717) is 32.7 Å². The van der Waals surface area contributed by atoms with Gasteiger partial charge in [-0.3, -0.25) is 0 Å². The molecule has 0 saturated carbocycles. The summed E-state index contributed by atoms with van der Waals surface area (Å²) in [4.78, 5) is 11.5. The Labute approximate surface area is 114 Å². The van der Waals surface area contributed by atoms with Gasteiger partial charge in [0.1, 0.15) is 0 Å². The molecular weight excluding hydrogens is 244 g/mol.